The maximum Gasteiger partial charge on any atom is 0.310 e. The van der Waals surface area contributed by atoms with Gasteiger partial charge in [0.2, 0.25) is 0 Å². The summed E-state index contributed by atoms with van der Waals surface area (Å²) in [6.45, 7) is 4.48. The van der Waals surface area contributed by atoms with E-state index in [0.29, 0.717) is 19.4 Å². The minimum absolute atomic E-state index is 0.116. The summed E-state index contributed by atoms with van der Waals surface area (Å²) in [6.07, 6.45) is 1.52. The van der Waals surface area contributed by atoms with Crippen LogP contribution in [0.4, 0.5) is 0 Å². The molecule has 0 bridgehead atoms. The normalized spacial score (nSPS) is 19.3. The first-order valence-electron chi connectivity index (χ1n) is 8.11. The number of carboxylic acid groups (broad SMARTS) is 1. The van der Waals surface area contributed by atoms with E-state index >= 15 is 0 Å². The Bertz CT molecular complexity index is 567. The van der Waals surface area contributed by atoms with Crippen LogP contribution in [0.1, 0.15) is 38.7 Å². The summed E-state index contributed by atoms with van der Waals surface area (Å²) in [5, 5.41) is 8.55. The van der Waals surface area contributed by atoms with Crippen LogP contribution in [0, 0.1) is 0 Å². The molecule has 6 heteroatoms. The lowest BCUT2D eigenvalue weighted by Gasteiger charge is -2.16. The summed E-state index contributed by atoms with van der Waals surface area (Å²) >= 11 is 1.74. The molecule has 1 fully saturated rings. The van der Waals surface area contributed by atoms with Gasteiger partial charge in [-0.15, -0.1) is 11.8 Å². The van der Waals surface area contributed by atoms with Gasteiger partial charge in [-0.3, -0.25) is 9.59 Å². The fraction of sp³-hybridized carbons (Fsp3) is 0.556. The van der Waals surface area contributed by atoms with Gasteiger partial charge in [-0.2, -0.15) is 0 Å². The number of hydrogen-bond donors (Lipinski definition) is 1. The third-order valence-corrected chi connectivity index (χ3v) is 4.84. The number of hydrogen-bond acceptors (Lipinski definition) is 5. The second-order valence-corrected chi connectivity index (χ2v) is 7.46. The van der Waals surface area contributed by atoms with Crippen molar-refractivity contribution in [2.24, 2.45) is 0 Å². The number of rotatable bonds is 9. The molecule has 1 aliphatic rings. The molecule has 1 N–H and O–H groups in total. The van der Waals surface area contributed by atoms with Crippen molar-refractivity contribution in [3.8, 4) is 0 Å². The Morgan fingerprint density at radius 1 is 1.29 bits per heavy atom. The molecule has 1 unspecified atom stereocenters. The number of benzene rings is 1. The van der Waals surface area contributed by atoms with Crippen LogP contribution < -0.4 is 0 Å². The molecule has 1 atom stereocenters. The van der Waals surface area contributed by atoms with Crippen molar-refractivity contribution in [3.63, 3.8) is 0 Å². The molecule has 0 saturated carbocycles. The first-order chi connectivity index (χ1) is 11.3. The highest BCUT2D eigenvalue weighted by atomic mass is 32.2. The van der Waals surface area contributed by atoms with Crippen molar-refractivity contribution in [1.82, 2.24) is 0 Å². The molecule has 1 saturated heterocycles. The summed E-state index contributed by atoms with van der Waals surface area (Å²) in [5.74, 6) is -0.891. The monoisotopic (exact) mass is 352 g/mol. The summed E-state index contributed by atoms with van der Waals surface area (Å²) in [5.41, 5.74) is 1.16. The molecular weight excluding hydrogens is 328 g/mol. The van der Waals surface area contributed by atoms with E-state index in [9.17, 15) is 9.59 Å². The van der Waals surface area contributed by atoms with Crippen LogP contribution in [0.3, 0.4) is 0 Å². The zero-order valence-corrected chi connectivity index (χ0v) is 14.9. The number of Topliss-reactive ketones (excluding diaryl/α,β-unsaturated/α-hetero) is 1. The summed E-state index contributed by atoms with van der Waals surface area (Å²) < 4.78 is 11.3. The zero-order chi connectivity index (χ0) is 17.6. The van der Waals surface area contributed by atoms with E-state index in [1.54, 1.807) is 11.8 Å². The summed E-state index contributed by atoms with van der Waals surface area (Å²) in [4.78, 5) is 23.0. The maximum absolute atomic E-state index is 11.3. The van der Waals surface area contributed by atoms with Gasteiger partial charge in [0.05, 0.1) is 12.7 Å². The van der Waals surface area contributed by atoms with Gasteiger partial charge in [-0.05, 0) is 44.4 Å². The molecule has 1 aliphatic heterocycles. The lowest BCUT2D eigenvalue weighted by atomic mass is 10.1. The fourth-order valence-corrected chi connectivity index (χ4v) is 3.40. The van der Waals surface area contributed by atoms with Crippen molar-refractivity contribution < 1.29 is 24.2 Å². The van der Waals surface area contributed by atoms with Gasteiger partial charge in [0.15, 0.2) is 5.79 Å². The third kappa shape index (κ3) is 6.63. The minimum Gasteiger partial charge on any atom is -0.481 e. The van der Waals surface area contributed by atoms with Crippen LogP contribution in [0.2, 0.25) is 0 Å². The molecule has 0 radical (unpaired) electrons. The Kier molecular flexibility index (Phi) is 6.83. The molecule has 1 aromatic carbocycles. The van der Waals surface area contributed by atoms with Crippen molar-refractivity contribution >= 4 is 23.5 Å². The number of aryl methyl sites for hydroxylation is 1. The molecule has 24 heavy (non-hydrogen) atoms. The Hall–Kier alpha value is -1.37. The number of aliphatic carboxylic acids is 1. The van der Waals surface area contributed by atoms with Crippen LogP contribution >= 0.6 is 11.8 Å². The zero-order valence-electron chi connectivity index (χ0n) is 14.1. The summed E-state index contributed by atoms with van der Waals surface area (Å²) in [7, 11) is 0. The van der Waals surface area contributed by atoms with Gasteiger partial charge in [0.25, 0.3) is 0 Å². The molecule has 132 valence electrons. The van der Waals surface area contributed by atoms with E-state index < -0.39 is 11.8 Å². The van der Waals surface area contributed by atoms with Crippen molar-refractivity contribution in [2.45, 2.75) is 56.3 Å². The van der Waals surface area contributed by atoms with Crippen LogP contribution in [0.15, 0.2) is 29.2 Å². The molecular formula is C18H24O5S. The minimum atomic E-state index is -1.05. The smallest absolute Gasteiger partial charge is 0.310 e. The quantitative estimate of drug-likeness (QED) is 0.543. The predicted molar refractivity (Wildman–Crippen MR) is 92.3 cm³/mol. The topological polar surface area (TPSA) is 72.8 Å². The molecule has 0 spiro atoms. The van der Waals surface area contributed by atoms with Crippen molar-refractivity contribution in [1.29, 1.82) is 0 Å². The van der Waals surface area contributed by atoms with E-state index in [2.05, 4.69) is 24.3 Å². The lowest BCUT2D eigenvalue weighted by molar-refractivity contribution is -0.140. The molecule has 2 rings (SSSR count). The van der Waals surface area contributed by atoms with Gasteiger partial charge < -0.3 is 14.6 Å². The van der Waals surface area contributed by atoms with Gasteiger partial charge in [-0.25, -0.2) is 0 Å². The predicted octanol–water partition coefficient (Wildman–Crippen LogP) is 3.30. The highest BCUT2D eigenvalue weighted by Gasteiger charge is 2.32. The number of carboxylic acids is 1. The molecule has 0 amide bonds. The fourth-order valence-electron chi connectivity index (χ4n) is 2.53. The largest absolute Gasteiger partial charge is 0.481 e. The van der Waals surface area contributed by atoms with Crippen molar-refractivity contribution in [2.75, 3.05) is 12.4 Å². The highest BCUT2D eigenvalue weighted by Crippen LogP contribution is 2.27. The third-order valence-electron chi connectivity index (χ3n) is 3.70. The van der Waals surface area contributed by atoms with Gasteiger partial charge in [0, 0.05) is 17.1 Å². The van der Waals surface area contributed by atoms with Crippen LogP contribution in [-0.4, -0.2) is 41.1 Å². The molecule has 5 nitrogen and oxygen atoms in total. The van der Waals surface area contributed by atoms with E-state index in [1.807, 2.05) is 13.8 Å². The highest BCUT2D eigenvalue weighted by molar-refractivity contribution is 7.99. The van der Waals surface area contributed by atoms with E-state index in [1.165, 1.54) is 4.90 Å². The van der Waals surface area contributed by atoms with Gasteiger partial charge >= 0.3 is 5.97 Å². The van der Waals surface area contributed by atoms with E-state index in [0.717, 1.165) is 17.7 Å². The van der Waals surface area contributed by atoms with Crippen LogP contribution in [0.5, 0.6) is 0 Å². The molecule has 1 heterocycles. The first kappa shape index (κ1) is 19.0. The number of carbonyl (C=O) groups excluding carboxylic acids is 1. The SMILES string of the molecule is CC1(C)OCC(CSc2ccc(CCCC(=O)CC(=O)O)cc2)O1. The Morgan fingerprint density at radius 3 is 2.58 bits per heavy atom. The number of ketones is 1. The Labute approximate surface area is 146 Å². The number of carbonyl (C=O) groups is 2. The number of ether oxygens (including phenoxy) is 2. The summed E-state index contributed by atoms with van der Waals surface area (Å²) in [6, 6.07) is 8.25. The molecule has 1 aromatic rings. The van der Waals surface area contributed by atoms with Gasteiger partial charge in [-0.1, -0.05) is 12.1 Å². The average molecular weight is 352 g/mol. The molecule has 0 aliphatic carbocycles. The maximum atomic E-state index is 11.3. The second kappa shape index (κ2) is 8.65. The van der Waals surface area contributed by atoms with Gasteiger partial charge in [0.1, 0.15) is 12.2 Å². The van der Waals surface area contributed by atoms with Crippen molar-refractivity contribution in [3.05, 3.63) is 29.8 Å². The van der Waals surface area contributed by atoms with Crippen LogP contribution in [-0.2, 0) is 25.5 Å². The Morgan fingerprint density at radius 2 is 2.00 bits per heavy atom. The first-order valence-corrected chi connectivity index (χ1v) is 9.09. The second-order valence-electron chi connectivity index (χ2n) is 6.37. The standard InChI is InChI=1S/C18H24O5S/c1-18(2)22-11-15(23-18)12-24-16-8-6-13(7-9-16)4-3-5-14(19)10-17(20)21/h6-9,15H,3-5,10-12H2,1-2H3,(H,20,21). The van der Waals surface area contributed by atoms with E-state index in [4.69, 9.17) is 14.6 Å². The number of thioether (sulfide) groups is 1. The van der Waals surface area contributed by atoms with Crippen LogP contribution in [0.25, 0.3) is 0 Å². The van der Waals surface area contributed by atoms with E-state index in [-0.39, 0.29) is 18.3 Å². The average Bonchev–Trinajstić information content (AvgIpc) is 2.85. The Balaban J connectivity index is 1.69. The lowest BCUT2D eigenvalue weighted by Crippen LogP contribution is -2.22. The molecule has 0 aromatic heterocycles.